The molecule has 0 radical (unpaired) electrons. The molecule has 24 heavy (non-hydrogen) atoms. The van der Waals surface area contributed by atoms with Crippen molar-refractivity contribution < 1.29 is 18.6 Å². The smallest absolute Gasteiger partial charge is 0.327 e. The van der Waals surface area contributed by atoms with E-state index >= 15 is 0 Å². The summed E-state index contributed by atoms with van der Waals surface area (Å²) in [7, 11) is 1.37. The lowest BCUT2D eigenvalue weighted by Gasteiger charge is -2.09. The molecule has 1 aromatic carbocycles. The number of nitrogens with zero attached hydrogens (tertiary/aromatic N) is 3. The number of hydrogen-bond acceptors (Lipinski definition) is 7. The topological polar surface area (TPSA) is 103 Å². The fraction of sp³-hybridized carbons (Fsp3) is 0.467. The molecule has 8 nitrogen and oxygen atoms in total. The molecule has 0 spiro atoms. The van der Waals surface area contributed by atoms with Crippen LogP contribution in [0.1, 0.15) is 37.9 Å². The third kappa shape index (κ3) is 4.18. The average molecular weight is 338 g/mol. The van der Waals surface area contributed by atoms with E-state index in [0.717, 1.165) is 6.07 Å². The van der Waals surface area contributed by atoms with E-state index < -0.39 is 16.4 Å². The van der Waals surface area contributed by atoms with Gasteiger partial charge in [0.1, 0.15) is 11.4 Å². The number of nitro benzene ring substituents is 1. The van der Waals surface area contributed by atoms with E-state index in [-0.39, 0.29) is 17.4 Å². The summed E-state index contributed by atoms with van der Waals surface area (Å²) in [6.45, 7) is 4.31. The Bertz CT molecular complexity index is 717. The van der Waals surface area contributed by atoms with Gasteiger partial charge in [0.25, 0.3) is 0 Å². The Labute approximate surface area is 138 Å². The van der Waals surface area contributed by atoms with Crippen molar-refractivity contribution in [3.8, 4) is 5.75 Å². The lowest BCUT2D eigenvalue weighted by atomic mass is 10.2. The van der Waals surface area contributed by atoms with Crippen LogP contribution < -0.4 is 10.1 Å². The minimum atomic E-state index is -0.944. The molecule has 0 atom stereocenters. The Morgan fingerprint density at radius 2 is 2.21 bits per heavy atom. The highest BCUT2D eigenvalue weighted by Crippen LogP contribution is 2.32. The molecule has 0 aliphatic carbocycles. The summed E-state index contributed by atoms with van der Waals surface area (Å²) >= 11 is 0. The second-order valence-corrected chi connectivity index (χ2v) is 5.49. The molecule has 0 saturated heterocycles. The van der Waals surface area contributed by atoms with Gasteiger partial charge in [-0.2, -0.15) is 9.37 Å². The Hall–Kier alpha value is -2.71. The number of benzene rings is 1. The summed E-state index contributed by atoms with van der Waals surface area (Å²) in [4.78, 5) is 14.5. The van der Waals surface area contributed by atoms with E-state index in [9.17, 15) is 14.5 Å². The van der Waals surface area contributed by atoms with Gasteiger partial charge < -0.3 is 14.6 Å². The SMILES string of the molecule is COc1cc(F)c([N+](=O)[O-])c(NCCCc2nc(C(C)C)no2)c1. The van der Waals surface area contributed by atoms with Gasteiger partial charge >= 0.3 is 5.69 Å². The van der Waals surface area contributed by atoms with E-state index in [1.807, 2.05) is 13.8 Å². The maximum Gasteiger partial charge on any atom is 0.327 e. The lowest BCUT2D eigenvalue weighted by molar-refractivity contribution is -0.386. The van der Waals surface area contributed by atoms with Gasteiger partial charge in [-0.1, -0.05) is 19.0 Å². The van der Waals surface area contributed by atoms with Gasteiger partial charge in [0.15, 0.2) is 5.82 Å². The fourth-order valence-electron chi connectivity index (χ4n) is 2.08. The first-order valence-corrected chi connectivity index (χ1v) is 7.50. The molecular formula is C15H19FN4O4. The van der Waals surface area contributed by atoms with E-state index in [2.05, 4.69) is 15.5 Å². The van der Waals surface area contributed by atoms with Gasteiger partial charge in [0.05, 0.1) is 12.0 Å². The Morgan fingerprint density at radius 3 is 2.79 bits per heavy atom. The number of hydrogen-bond donors (Lipinski definition) is 1. The molecular weight excluding hydrogens is 319 g/mol. The number of aryl methyl sites for hydroxylation is 1. The maximum absolute atomic E-state index is 13.8. The second-order valence-electron chi connectivity index (χ2n) is 5.49. The van der Waals surface area contributed by atoms with Crippen LogP contribution in [0.25, 0.3) is 0 Å². The Kier molecular flexibility index (Phi) is 5.67. The molecule has 0 aliphatic heterocycles. The van der Waals surface area contributed by atoms with E-state index in [1.54, 1.807) is 0 Å². The van der Waals surface area contributed by atoms with Crippen LogP contribution in [-0.4, -0.2) is 28.7 Å². The standard InChI is InChI=1S/C15H19FN4O4/c1-9(2)15-18-13(24-19-15)5-4-6-17-12-8-10(23-3)7-11(16)14(12)20(21)22/h7-9,17H,4-6H2,1-3H3. The number of ether oxygens (including phenoxy) is 1. The molecule has 2 rings (SSSR count). The summed E-state index contributed by atoms with van der Waals surface area (Å²) in [6.07, 6.45) is 1.11. The van der Waals surface area contributed by atoms with Gasteiger partial charge in [-0.15, -0.1) is 0 Å². The van der Waals surface area contributed by atoms with Crippen LogP contribution in [0.2, 0.25) is 0 Å². The molecule has 1 aromatic heterocycles. The number of nitro groups is 1. The van der Waals surface area contributed by atoms with Crippen molar-refractivity contribution >= 4 is 11.4 Å². The largest absolute Gasteiger partial charge is 0.497 e. The zero-order valence-electron chi connectivity index (χ0n) is 13.7. The van der Waals surface area contributed by atoms with Crippen molar-refractivity contribution in [3.63, 3.8) is 0 Å². The minimum Gasteiger partial charge on any atom is -0.497 e. The Balaban J connectivity index is 1.98. The zero-order chi connectivity index (χ0) is 17.7. The Morgan fingerprint density at radius 1 is 1.46 bits per heavy atom. The molecule has 130 valence electrons. The normalized spacial score (nSPS) is 10.9. The molecule has 9 heteroatoms. The van der Waals surface area contributed by atoms with Gasteiger partial charge in [-0.05, 0) is 6.42 Å². The zero-order valence-corrected chi connectivity index (χ0v) is 13.7. The highest BCUT2D eigenvalue weighted by atomic mass is 19.1. The van der Waals surface area contributed by atoms with Crippen molar-refractivity contribution in [2.45, 2.75) is 32.6 Å². The van der Waals surface area contributed by atoms with E-state index in [1.165, 1.54) is 13.2 Å². The number of rotatable bonds is 8. The van der Waals surface area contributed by atoms with Crippen molar-refractivity contribution in [2.75, 3.05) is 19.0 Å². The molecule has 0 unspecified atom stereocenters. The molecule has 0 bridgehead atoms. The van der Waals surface area contributed by atoms with Crippen LogP contribution in [0.4, 0.5) is 15.8 Å². The molecule has 0 amide bonds. The fourth-order valence-corrected chi connectivity index (χ4v) is 2.08. The van der Waals surface area contributed by atoms with Crippen molar-refractivity contribution in [2.24, 2.45) is 0 Å². The van der Waals surface area contributed by atoms with E-state index in [0.29, 0.717) is 31.1 Å². The molecule has 0 fully saturated rings. The summed E-state index contributed by atoms with van der Waals surface area (Å²) in [5.41, 5.74) is -0.527. The number of nitrogens with one attached hydrogen (secondary N) is 1. The second kappa shape index (κ2) is 7.71. The molecule has 0 aliphatic rings. The van der Waals surface area contributed by atoms with Crippen LogP contribution in [0.15, 0.2) is 16.7 Å². The first kappa shape index (κ1) is 17.6. The summed E-state index contributed by atoms with van der Waals surface area (Å²) in [5, 5.41) is 17.7. The quantitative estimate of drug-likeness (QED) is 0.447. The lowest BCUT2D eigenvalue weighted by Crippen LogP contribution is -2.07. The van der Waals surface area contributed by atoms with Crippen LogP contribution in [0, 0.1) is 15.9 Å². The molecule has 2 aromatic rings. The first-order chi connectivity index (χ1) is 11.4. The third-order valence-corrected chi connectivity index (χ3v) is 3.34. The van der Waals surface area contributed by atoms with Crippen molar-refractivity contribution in [3.05, 3.63) is 39.8 Å². The van der Waals surface area contributed by atoms with Gasteiger partial charge in [0, 0.05) is 31.0 Å². The predicted molar refractivity (Wildman–Crippen MR) is 84.8 cm³/mol. The molecule has 1 heterocycles. The highest BCUT2D eigenvalue weighted by Gasteiger charge is 2.22. The summed E-state index contributed by atoms with van der Waals surface area (Å²) in [6, 6.07) is 2.37. The van der Waals surface area contributed by atoms with Gasteiger partial charge in [-0.3, -0.25) is 10.1 Å². The van der Waals surface area contributed by atoms with Crippen LogP contribution in [0.5, 0.6) is 5.75 Å². The highest BCUT2D eigenvalue weighted by molar-refractivity contribution is 5.65. The van der Waals surface area contributed by atoms with Crippen molar-refractivity contribution in [1.82, 2.24) is 10.1 Å². The maximum atomic E-state index is 13.8. The predicted octanol–water partition coefficient (Wildman–Crippen LogP) is 3.29. The third-order valence-electron chi connectivity index (χ3n) is 3.34. The number of aromatic nitrogens is 2. The summed E-state index contributed by atoms with van der Waals surface area (Å²) in [5.74, 6) is 0.595. The van der Waals surface area contributed by atoms with Gasteiger partial charge in [0.2, 0.25) is 11.7 Å². The monoisotopic (exact) mass is 338 g/mol. The number of methoxy groups -OCH3 is 1. The van der Waals surface area contributed by atoms with Crippen LogP contribution >= 0.6 is 0 Å². The summed E-state index contributed by atoms with van der Waals surface area (Å²) < 4.78 is 23.9. The number of anilines is 1. The minimum absolute atomic E-state index is 0.0743. The number of halogens is 1. The molecule has 1 N–H and O–H groups in total. The average Bonchev–Trinajstić information content (AvgIpc) is 2.99. The van der Waals surface area contributed by atoms with Gasteiger partial charge in [-0.25, -0.2) is 0 Å². The van der Waals surface area contributed by atoms with Crippen LogP contribution in [-0.2, 0) is 6.42 Å². The van der Waals surface area contributed by atoms with Crippen molar-refractivity contribution in [1.29, 1.82) is 0 Å². The van der Waals surface area contributed by atoms with E-state index in [4.69, 9.17) is 9.26 Å². The van der Waals surface area contributed by atoms with Crippen LogP contribution in [0.3, 0.4) is 0 Å². The molecule has 0 saturated carbocycles. The first-order valence-electron chi connectivity index (χ1n) is 7.50.